The summed E-state index contributed by atoms with van der Waals surface area (Å²) in [6.45, 7) is -0.768. The average Bonchev–Trinajstić information content (AvgIpc) is 2.33. The summed E-state index contributed by atoms with van der Waals surface area (Å²) in [7, 11) is -2.68. The first-order chi connectivity index (χ1) is 9.28. The summed E-state index contributed by atoms with van der Waals surface area (Å²) in [4.78, 5) is 10.6. The Labute approximate surface area is 124 Å². The van der Waals surface area contributed by atoms with Crippen LogP contribution in [0.4, 0.5) is 4.39 Å². The van der Waals surface area contributed by atoms with Crippen molar-refractivity contribution in [2.45, 2.75) is 4.90 Å². The number of sulfonamides is 1. The molecule has 0 radical (unpaired) electrons. The number of benzene rings is 1. The smallest absolute Gasteiger partial charge is 0.318 e. The van der Waals surface area contributed by atoms with E-state index in [0.29, 0.717) is 0 Å². The molecular formula is C11H13BrFNO5S. The van der Waals surface area contributed by atoms with Crippen molar-refractivity contribution in [2.75, 3.05) is 26.8 Å². The van der Waals surface area contributed by atoms with Crippen LogP contribution in [0, 0.1) is 5.82 Å². The largest absolute Gasteiger partial charge is 0.480 e. The summed E-state index contributed by atoms with van der Waals surface area (Å²) in [6.07, 6.45) is 0. The molecule has 0 aromatic heterocycles. The van der Waals surface area contributed by atoms with Gasteiger partial charge < -0.3 is 9.84 Å². The van der Waals surface area contributed by atoms with E-state index in [-0.39, 0.29) is 22.5 Å². The first-order valence-electron chi connectivity index (χ1n) is 5.45. The summed E-state index contributed by atoms with van der Waals surface area (Å²) < 4.78 is 43.3. The molecule has 1 aromatic rings. The second kappa shape index (κ2) is 7.11. The van der Waals surface area contributed by atoms with Gasteiger partial charge in [0.2, 0.25) is 10.0 Å². The minimum Gasteiger partial charge on any atom is -0.480 e. The van der Waals surface area contributed by atoms with Gasteiger partial charge >= 0.3 is 5.97 Å². The lowest BCUT2D eigenvalue weighted by Gasteiger charge is -2.20. The lowest BCUT2D eigenvalue weighted by atomic mass is 10.3. The Morgan fingerprint density at radius 2 is 2.15 bits per heavy atom. The topological polar surface area (TPSA) is 83.9 Å². The maximum Gasteiger partial charge on any atom is 0.318 e. The molecule has 112 valence electrons. The zero-order valence-electron chi connectivity index (χ0n) is 10.5. The highest BCUT2D eigenvalue weighted by atomic mass is 79.9. The molecule has 9 heteroatoms. The Morgan fingerprint density at radius 3 is 2.65 bits per heavy atom. The number of hydrogen-bond donors (Lipinski definition) is 1. The van der Waals surface area contributed by atoms with E-state index in [9.17, 15) is 17.6 Å². The number of hydrogen-bond acceptors (Lipinski definition) is 4. The number of methoxy groups -OCH3 is 1. The molecule has 1 aromatic carbocycles. The summed E-state index contributed by atoms with van der Waals surface area (Å²) in [6, 6.07) is 3.07. The van der Waals surface area contributed by atoms with Crippen molar-refractivity contribution in [1.29, 1.82) is 0 Å². The molecule has 0 unspecified atom stereocenters. The predicted molar refractivity (Wildman–Crippen MR) is 72.4 cm³/mol. The molecule has 0 bridgehead atoms. The predicted octanol–water partition coefficient (Wildman–Crippen LogP) is 1.31. The third kappa shape index (κ3) is 4.23. The number of carboxylic acid groups (broad SMARTS) is 1. The van der Waals surface area contributed by atoms with E-state index in [0.717, 1.165) is 22.5 Å². The van der Waals surface area contributed by atoms with Crippen LogP contribution in [0.2, 0.25) is 0 Å². The molecule has 0 heterocycles. The van der Waals surface area contributed by atoms with Crippen molar-refractivity contribution in [2.24, 2.45) is 0 Å². The molecule has 1 N–H and O–H groups in total. The van der Waals surface area contributed by atoms with Gasteiger partial charge in [0.15, 0.2) is 0 Å². The summed E-state index contributed by atoms with van der Waals surface area (Å²) in [5, 5.41) is 8.79. The van der Waals surface area contributed by atoms with Crippen LogP contribution in [0.15, 0.2) is 27.6 Å². The Bertz CT molecular complexity index is 592. The van der Waals surface area contributed by atoms with E-state index in [1.54, 1.807) is 0 Å². The molecule has 0 saturated carbocycles. The molecule has 0 aliphatic carbocycles. The van der Waals surface area contributed by atoms with Crippen molar-refractivity contribution in [3.05, 3.63) is 28.5 Å². The van der Waals surface area contributed by atoms with Gasteiger partial charge in [-0.2, -0.15) is 4.31 Å². The normalized spacial score (nSPS) is 11.8. The Hall–Kier alpha value is -1.03. The maximum absolute atomic E-state index is 13.0. The molecule has 0 atom stereocenters. The van der Waals surface area contributed by atoms with Gasteiger partial charge in [-0.1, -0.05) is 0 Å². The second-order valence-corrected chi connectivity index (χ2v) is 6.56. The number of rotatable bonds is 7. The van der Waals surface area contributed by atoms with Crippen molar-refractivity contribution >= 4 is 31.9 Å². The number of ether oxygens (including phenoxy) is 1. The molecule has 0 saturated heterocycles. The third-order valence-corrected chi connectivity index (χ3v) is 5.19. The molecule has 6 nitrogen and oxygen atoms in total. The van der Waals surface area contributed by atoms with Crippen LogP contribution in [0.25, 0.3) is 0 Å². The van der Waals surface area contributed by atoms with E-state index in [4.69, 9.17) is 9.84 Å². The van der Waals surface area contributed by atoms with Gasteiger partial charge in [0.25, 0.3) is 0 Å². The highest BCUT2D eigenvalue weighted by Crippen LogP contribution is 2.25. The van der Waals surface area contributed by atoms with Gasteiger partial charge in [0.05, 0.1) is 11.5 Å². The number of carboxylic acids is 1. The number of nitrogens with zero attached hydrogens (tertiary/aromatic N) is 1. The van der Waals surface area contributed by atoms with E-state index in [1.165, 1.54) is 7.11 Å². The molecule has 0 spiro atoms. The monoisotopic (exact) mass is 369 g/mol. The van der Waals surface area contributed by atoms with Crippen molar-refractivity contribution < 1.29 is 27.4 Å². The van der Waals surface area contributed by atoms with Crippen LogP contribution < -0.4 is 0 Å². The van der Waals surface area contributed by atoms with E-state index in [2.05, 4.69) is 15.9 Å². The standard InChI is InChI=1S/C11H13BrFNO5S/c1-19-5-4-14(7-11(15)16)20(17,18)10-3-2-8(13)6-9(10)12/h2-3,6H,4-5,7H2,1H3,(H,15,16). The van der Waals surface area contributed by atoms with E-state index < -0.39 is 28.4 Å². The van der Waals surface area contributed by atoms with Gasteiger partial charge in [0.1, 0.15) is 12.4 Å². The summed E-state index contributed by atoms with van der Waals surface area (Å²) in [5.41, 5.74) is 0. The minimum atomic E-state index is -4.06. The minimum absolute atomic E-state index is 0.0327. The molecule has 20 heavy (non-hydrogen) atoms. The molecule has 0 fully saturated rings. The SMILES string of the molecule is COCCN(CC(=O)O)S(=O)(=O)c1ccc(F)cc1Br. The highest BCUT2D eigenvalue weighted by Gasteiger charge is 2.28. The van der Waals surface area contributed by atoms with Gasteiger partial charge in [-0.15, -0.1) is 0 Å². The third-order valence-electron chi connectivity index (χ3n) is 2.37. The maximum atomic E-state index is 13.0. The van der Waals surface area contributed by atoms with Crippen molar-refractivity contribution in [3.8, 4) is 0 Å². The summed E-state index contributed by atoms with van der Waals surface area (Å²) in [5.74, 6) is -1.89. The van der Waals surface area contributed by atoms with Crippen LogP contribution >= 0.6 is 15.9 Å². The average molecular weight is 370 g/mol. The van der Waals surface area contributed by atoms with Gasteiger partial charge in [-0.3, -0.25) is 4.79 Å². The molecule has 1 rings (SSSR count). The quantitative estimate of drug-likeness (QED) is 0.783. The Morgan fingerprint density at radius 1 is 1.50 bits per heavy atom. The van der Waals surface area contributed by atoms with Crippen molar-refractivity contribution in [1.82, 2.24) is 4.31 Å². The molecular weight excluding hydrogens is 357 g/mol. The first-order valence-corrected chi connectivity index (χ1v) is 7.68. The number of halogens is 2. The van der Waals surface area contributed by atoms with Crippen LogP contribution in [0.3, 0.4) is 0 Å². The highest BCUT2D eigenvalue weighted by molar-refractivity contribution is 9.10. The zero-order valence-corrected chi connectivity index (χ0v) is 12.9. The fourth-order valence-electron chi connectivity index (χ4n) is 1.45. The fraction of sp³-hybridized carbons (Fsp3) is 0.364. The fourth-order valence-corrected chi connectivity index (χ4v) is 3.84. The van der Waals surface area contributed by atoms with Gasteiger partial charge in [0, 0.05) is 18.1 Å². The second-order valence-electron chi connectivity index (χ2n) is 3.80. The first kappa shape index (κ1) is 17.0. The van der Waals surface area contributed by atoms with Gasteiger partial charge in [-0.25, -0.2) is 12.8 Å². The van der Waals surface area contributed by atoms with Crippen LogP contribution in [-0.4, -0.2) is 50.6 Å². The van der Waals surface area contributed by atoms with E-state index in [1.807, 2.05) is 0 Å². The van der Waals surface area contributed by atoms with Crippen LogP contribution in [0.1, 0.15) is 0 Å². The molecule has 0 aliphatic heterocycles. The molecule has 0 aliphatic rings. The lowest BCUT2D eigenvalue weighted by Crippen LogP contribution is -2.38. The van der Waals surface area contributed by atoms with Crippen molar-refractivity contribution in [3.63, 3.8) is 0 Å². The zero-order chi connectivity index (χ0) is 15.3. The Balaban J connectivity index is 3.17. The van der Waals surface area contributed by atoms with Crippen LogP contribution in [-0.2, 0) is 19.6 Å². The molecule has 0 amide bonds. The number of aliphatic carboxylic acids is 1. The van der Waals surface area contributed by atoms with Gasteiger partial charge in [-0.05, 0) is 34.1 Å². The van der Waals surface area contributed by atoms with Crippen LogP contribution in [0.5, 0.6) is 0 Å². The summed E-state index contributed by atoms with van der Waals surface area (Å²) >= 11 is 2.96. The lowest BCUT2D eigenvalue weighted by molar-refractivity contribution is -0.137. The van der Waals surface area contributed by atoms with E-state index >= 15 is 0 Å². The number of carbonyl (C=O) groups is 1. The Kier molecular flexibility index (Phi) is 6.06.